The molecule has 0 spiro atoms. The second kappa shape index (κ2) is 8.03. The molecule has 0 aliphatic rings. The van der Waals surface area contributed by atoms with Crippen LogP contribution in [0.15, 0.2) is 29.2 Å². The van der Waals surface area contributed by atoms with E-state index in [2.05, 4.69) is 4.72 Å². The number of ether oxygens (including phenoxy) is 2. The molecule has 0 heterocycles. The molecule has 21 heavy (non-hydrogen) atoms. The van der Waals surface area contributed by atoms with Gasteiger partial charge in [-0.25, -0.2) is 13.1 Å². The standard InChI is InChI=1S/C12H18N2O6S/c1-3-19-12(20-4-2)9-13-21(17,18)11-7-5-10(6-8-11)14(15)16/h5-8,12-13H,3-4,9H2,1-2H3. The molecule has 0 saturated heterocycles. The average molecular weight is 318 g/mol. The lowest BCUT2D eigenvalue weighted by molar-refractivity contribution is -0.384. The van der Waals surface area contributed by atoms with Crippen molar-refractivity contribution in [3.63, 3.8) is 0 Å². The molecule has 0 aliphatic heterocycles. The van der Waals surface area contributed by atoms with Crippen LogP contribution >= 0.6 is 0 Å². The molecular weight excluding hydrogens is 300 g/mol. The maximum absolute atomic E-state index is 12.0. The lowest BCUT2D eigenvalue weighted by Gasteiger charge is -2.17. The zero-order valence-corrected chi connectivity index (χ0v) is 12.6. The number of nitrogens with zero attached hydrogens (tertiary/aromatic N) is 1. The number of hydrogen-bond acceptors (Lipinski definition) is 6. The summed E-state index contributed by atoms with van der Waals surface area (Å²) >= 11 is 0. The molecule has 0 unspecified atom stereocenters. The Morgan fingerprint density at radius 1 is 1.19 bits per heavy atom. The molecule has 8 nitrogen and oxygen atoms in total. The topological polar surface area (TPSA) is 108 Å². The lowest BCUT2D eigenvalue weighted by atomic mass is 10.3. The Balaban J connectivity index is 2.74. The largest absolute Gasteiger partial charge is 0.352 e. The van der Waals surface area contributed by atoms with Crippen molar-refractivity contribution in [2.45, 2.75) is 25.0 Å². The van der Waals surface area contributed by atoms with Gasteiger partial charge in [-0.15, -0.1) is 0 Å². The molecule has 9 heteroatoms. The van der Waals surface area contributed by atoms with Crippen LogP contribution in [-0.2, 0) is 19.5 Å². The Kier molecular flexibility index (Phi) is 6.69. The summed E-state index contributed by atoms with van der Waals surface area (Å²) in [6, 6.07) is 4.63. The van der Waals surface area contributed by atoms with Crippen molar-refractivity contribution in [2.75, 3.05) is 19.8 Å². The van der Waals surface area contributed by atoms with Gasteiger partial charge in [0, 0.05) is 25.3 Å². The average Bonchev–Trinajstić information content (AvgIpc) is 2.45. The Morgan fingerprint density at radius 2 is 1.71 bits per heavy atom. The number of rotatable bonds is 9. The van der Waals surface area contributed by atoms with Crippen LogP contribution in [-0.4, -0.2) is 39.4 Å². The van der Waals surface area contributed by atoms with Crippen molar-refractivity contribution in [1.29, 1.82) is 0 Å². The minimum absolute atomic E-state index is 0.0407. The molecule has 1 N–H and O–H groups in total. The van der Waals surface area contributed by atoms with E-state index in [1.165, 1.54) is 12.1 Å². The summed E-state index contributed by atoms with van der Waals surface area (Å²) in [7, 11) is -3.77. The van der Waals surface area contributed by atoms with E-state index in [1.54, 1.807) is 13.8 Å². The van der Waals surface area contributed by atoms with Gasteiger partial charge in [-0.3, -0.25) is 10.1 Å². The molecule has 0 fully saturated rings. The van der Waals surface area contributed by atoms with Gasteiger partial charge in [-0.1, -0.05) is 0 Å². The predicted octanol–water partition coefficient (Wildman–Crippen LogP) is 1.27. The summed E-state index contributed by atoms with van der Waals surface area (Å²) in [5.74, 6) is 0. The third-order valence-electron chi connectivity index (χ3n) is 2.50. The van der Waals surface area contributed by atoms with Crippen LogP contribution in [0.4, 0.5) is 5.69 Å². The SMILES string of the molecule is CCOC(CNS(=O)(=O)c1ccc([N+](=O)[O-])cc1)OCC. The maximum atomic E-state index is 12.0. The first-order valence-corrected chi connectivity index (χ1v) is 7.86. The molecule has 0 aliphatic carbocycles. The number of benzene rings is 1. The summed E-state index contributed by atoms with van der Waals surface area (Å²) in [5.41, 5.74) is -0.171. The monoisotopic (exact) mass is 318 g/mol. The Hall–Kier alpha value is -1.55. The minimum atomic E-state index is -3.77. The van der Waals surface area contributed by atoms with Gasteiger partial charge in [0.15, 0.2) is 6.29 Å². The first-order chi connectivity index (χ1) is 9.90. The van der Waals surface area contributed by atoms with Crippen molar-refractivity contribution >= 4 is 15.7 Å². The highest BCUT2D eigenvalue weighted by Gasteiger charge is 2.18. The van der Waals surface area contributed by atoms with E-state index in [9.17, 15) is 18.5 Å². The highest BCUT2D eigenvalue weighted by Crippen LogP contribution is 2.15. The Bertz CT molecular complexity index is 552. The van der Waals surface area contributed by atoms with Crippen molar-refractivity contribution in [3.05, 3.63) is 34.4 Å². The van der Waals surface area contributed by atoms with E-state index in [-0.39, 0.29) is 17.1 Å². The first-order valence-electron chi connectivity index (χ1n) is 6.38. The number of sulfonamides is 1. The van der Waals surface area contributed by atoms with E-state index < -0.39 is 21.2 Å². The van der Waals surface area contributed by atoms with Gasteiger partial charge in [0.25, 0.3) is 5.69 Å². The molecule has 118 valence electrons. The lowest BCUT2D eigenvalue weighted by Crippen LogP contribution is -2.35. The summed E-state index contributed by atoms with van der Waals surface area (Å²) < 4.78 is 36.9. The molecule has 1 rings (SSSR count). The van der Waals surface area contributed by atoms with Crippen molar-refractivity contribution in [3.8, 4) is 0 Å². The molecular formula is C12H18N2O6S. The van der Waals surface area contributed by atoms with Gasteiger partial charge in [0.05, 0.1) is 16.4 Å². The number of non-ortho nitro benzene ring substituents is 1. The number of hydrogen-bond donors (Lipinski definition) is 1. The van der Waals surface area contributed by atoms with E-state index in [0.717, 1.165) is 12.1 Å². The van der Waals surface area contributed by atoms with Crippen molar-refractivity contribution in [2.24, 2.45) is 0 Å². The maximum Gasteiger partial charge on any atom is 0.269 e. The summed E-state index contributed by atoms with van der Waals surface area (Å²) in [5, 5.41) is 10.5. The second-order valence-electron chi connectivity index (χ2n) is 3.94. The number of nitro benzene ring substituents is 1. The van der Waals surface area contributed by atoms with Crippen LogP contribution in [0.2, 0.25) is 0 Å². The first kappa shape index (κ1) is 17.5. The third kappa shape index (κ3) is 5.38. The fourth-order valence-electron chi connectivity index (χ4n) is 1.55. The molecule has 0 atom stereocenters. The molecule has 0 saturated carbocycles. The number of nitro groups is 1. The minimum Gasteiger partial charge on any atom is -0.352 e. The van der Waals surface area contributed by atoms with Crippen LogP contribution in [0.3, 0.4) is 0 Å². The summed E-state index contributed by atoms with van der Waals surface area (Å²) in [6.07, 6.45) is -0.673. The molecule has 0 bridgehead atoms. The fourth-order valence-corrected chi connectivity index (χ4v) is 2.56. The smallest absolute Gasteiger partial charge is 0.269 e. The van der Waals surface area contributed by atoms with Gasteiger partial charge < -0.3 is 9.47 Å². The quantitative estimate of drug-likeness (QED) is 0.417. The molecule has 0 aromatic heterocycles. The third-order valence-corrected chi connectivity index (χ3v) is 3.94. The van der Waals surface area contributed by atoms with Gasteiger partial charge in [0.2, 0.25) is 10.0 Å². The van der Waals surface area contributed by atoms with E-state index in [4.69, 9.17) is 9.47 Å². The molecule has 1 aromatic rings. The Labute approximate surface area is 123 Å². The zero-order valence-electron chi connectivity index (χ0n) is 11.8. The molecule has 1 aromatic carbocycles. The fraction of sp³-hybridized carbons (Fsp3) is 0.500. The van der Waals surface area contributed by atoms with Gasteiger partial charge in [-0.05, 0) is 26.0 Å². The van der Waals surface area contributed by atoms with Gasteiger partial charge in [0.1, 0.15) is 0 Å². The van der Waals surface area contributed by atoms with Crippen LogP contribution in [0, 0.1) is 10.1 Å². The number of nitrogens with one attached hydrogen (secondary N) is 1. The van der Waals surface area contributed by atoms with Crippen LogP contribution in [0.1, 0.15) is 13.8 Å². The summed E-state index contributed by atoms with van der Waals surface area (Å²) in [4.78, 5) is 9.88. The Morgan fingerprint density at radius 3 is 2.14 bits per heavy atom. The second-order valence-corrected chi connectivity index (χ2v) is 5.71. The van der Waals surface area contributed by atoms with Crippen LogP contribution < -0.4 is 4.72 Å². The van der Waals surface area contributed by atoms with Crippen molar-refractivity contribution in [1.82, 2.24) is 4.72 Å². The van der Waals surface area contributed by atoms with Gasteiger partial charge in [-0.2, -0.15) is 0 Å². The van der Waals surface area contributed by atoms with E-state index in [1.807, 2.05) is 0 Å². The molecule has 0 radical (unpaired) electrons. The highest BCUT2D eigenvalue weighted by atomic mass is 32.2. The van der Waals surface area contributed by atoms with Crippen LogP contribution in [0.25, 0.3) is 0 Å². The van der Waals surface area contributed by atoms with Crippen LogP contribution in [0.5, 0.6) is 0 Å². The predicted molar refractivity (Wildman–Crippen MR) is 75.3 cm³/mol. The summed E-state index contributed by atoms with van der Waals surface area (Å²) in [6.45, 7) is 4.29. The zero-order chi connectivity index (χ0) is 15.9. The normalized spacial score (nSPS) is 11.8. The van der Waals surface area contributed by atoms with E-state index in [0.29, 0.717) is 13.2 Å². The van der Waals surface area contributed by atoms with E-state index >= 15 is 0 Å². The van der Waals surface area contributed by atoms with Crippen molar-refractivity contribution < 1.29 is 22.8 Å². The highest BCUT2D eigenvalue weighted by molar-refractivity contribution is 7.89. The van der Waals surface area contributed by atoms with Gasteiger partial charge >= 0.3 is 0 Å². The molecule has 0 amide bonds.